The SMILES string of the molecule is C=C(/C=C\C(=C/C)NC(=O)NC1=CCCC=C1)N(C)S(=O)(=O)c1ccc(-c2ncco2)s1. The molecule has 1 aliphatic carbocycles. The number of amides is 2. The van der Waals surface area contributed by atoms with Crippen LogP contribution in [0, 0.1) is 0 Å². The third kappa shape index (κ3) is 5.65. The van der Waals surface area contributed by atoms with Crippen LogP contribution in [-0.4, -0.2) is 30.8 Å². The molecular weight excluding hydrogens is 448 g/mol. The summed E-state index contributed by atoms with van der Waals surface area (Å²) in [5, 5.41) is 5.49. The maximum Gasteiger partial charge on any atom is 0.323 e. The first kappa shape index (κ1) is 23.3. The maximum atomic E-state index is 13.0. The van der Waals surface area contributed by atoms with Crippen molar-refractivity contribution in [2.24, 2.45) is 0 Å². The predicted octanol–water partition coefficient (Wildman–Crippen LogP) is 4.53. The van der Waals surface area contributed by atoms with Crippen molar-refractivity contribution in [2.75, 3.05) is 7.05 Å². The van der Waals surface area contributed by atoms with E-state index in [1.165, 1.54) is 31.7 Å². The molecule has 8 nitrogen and oxygen atoms in total. The number of nitrogens with zero attached hydrogens (tertiary/aromatic N) is 2. The van der Waals surface area contributed by atoms with E-state index in [-0.39, 0.29) is 15.9 Å². The van der Waals surface area contributed by atoms with Crippen LogP contribution in [0.1, 0.15) is 19.8 Å². The first-order valence-corrected chi connectivity index (χ1v) is 12.0. The number of aromatic nitrogens is 1. The van der Waals surface area contributed by atoms with Crippen molar-refractivity contribution in [3.8, 4) is 10.8 Å². The molecule has 32 heavy (non-hydrogen) atoms. The number of carbonyl (C=O) groups excluding carboxylic acids is 1. The second-order valence-electron chi connectivity index (χ2n) is 6.72. The van der Waals surface area contributed by atoms with E-state index in [0.29, 0.717) is 16.5 Å². The van der Waals surface area contributed by atoms with E-state index in [1.807, 2.05) is 18.2 Å². The first-order chi connectivity index (χ1) is 15.3. The molecule has 2 heterocycles. The van der Waals surface area contributed by atoms with Crippen LogP contribution in [0.3, 0.4) is 0 Å². The Bertz CT molecular complexity index is 1200. The van der Waals surface area contributed by atoms with Gasteiger partial charge in [0.25, 0.3) is 10.0 Å². The minimum absolute atomic E-state index is 0.139. The minimum Gasteiger partial charge on any atom is -0.444 e. The number of oxazole rings is 1. The summed E-state index contributed by atoms with van der Waals surface area (Å²) in [5.41, 5.74) is 1.47. The quantitative estimate of drug-likeness (QED) is 0.549. The third-order valence-electron chi connectivity index (χ3n) is 4.52. The monoisotopic (exact) mass is 472 g/mol. The van der Waals surface area contributed by atoms with Crippen LogP contribution in [0.4, 0.5) is 4.79 Å². The van der Waals surface area contributed by atoms with E-state index in [9.17, 15) is 13.2 Å². The molecule has 0 aromatic carbocycles. The summed E-state index contributed by atoms with van der Waals surface area (Å²) in [4.78, 5) is 16.8. The van der Waals surface area contributed by atoms with E-state index >= 15 is 0 Å². The second-order valence-corrected chi connectivity index (χ2v) is 10.00. The van der Waals surface area contributed by atoms with Crippen molar-refractivity contribution in [1.29, 1.82) is 0 Å². The van der Waals surface area contributed by atoms with Gasteiger partial charge in [0, 0.05) is 24.1 Å². The first-order valence-electron chi connectivity index (χ1n) is 9.78. The molecule has 2 aromatic heterocycles. The van der Waals surface area contributed by atoms with E-state index < -0.39 is 10.0 Å². The van der Waals surface area contributed by atoms with Gasteiger partial charge >= 0.3 is 6.03 Å². The summed E-state index contributed by atoms with van der Waals surface area (Å²) in [6.07, 6.45) is 15.4. The van der Waals surface area contributed by atoms with Gasteiger partial charge < -0.3 is 15.1 Å². The smallest absolute Gasteiger partial charge is 0.323 e. The Morgan fingerprint density at radius 2 is 2.12 bits per heavy atom. The van der Waals surface area contributed by atoms with Crippen molar-refractivity contribution in [3.63, 3.8) is 0 Å². The fourth-order valence-corrected chi connectivity index (χ4v) is 5.29. The van der Waals surface area contributed by atoms with Gasteiger partial charge in [0.15, 0.2) is 0 Å². The zero-order valence-electron chi connectivity index (χ0n) is 17.7. The molecular formula is C22H24N4O4S2. The molecule has 0 radical (unpaired) electrons. The molecule has 0 aliphatic heterocycles. The lowest BCUT2D eigenvalue weighted by Gasteiger charge is -2.18. The van der Waals surface area contributed by atoms with Gasteiger partial charge in [-0.15, -0.1) is 11.3 Å². The Hall–Kier alpha value is -3.37. The number of thiophene rings is 1. The molecule has 168 valence electrons. The fourth-order valence-electron chi connectivity index (χ4n) is 2.71. The number of hydrogen-bond acceptors (Lipinski definition) is 6. The largest absolute Gasteiger partial charge is 0.444 e. The van der Waals surface area contributed by atoms with Gasteiger partial charge in [-0.05, 0) is 50.1 Å². The molecule has 2 N–H and O–H groups in total. The Labute approximate surface area is 191 Å². The molecule has 0 saturated heterocycles. The number of sulfonamides is 1. The number of rotatable bonds is 8. The second kappa shape index (κ2) is 10.3. The number of nitrogens with one attached hydrogen (secondary N) is 2. The van der Waals surface area contributed by atoms with Crippen LogP contribution in [0.2, 0.25) is 0 Å². The molecule has 0 fully saturated rings. The number of carbonyl (C=O) groups is 1. The molecule has 1 aliphatic rings. The Balaban J connectivity index is 1.63. The fraction of sp³-hybridized carbons (Fsp3) is 0.182. The van der Waals surface area contributed by atoms with Crippen molar-refractivity contribution in [1.82, 2.24) is 19.9 Å². The van der Waals surface area contributed by atoms with Crippen LogP contribution < -0.4 is 10.6 Å². The summed E-state index contributed by atoms with van der Waals surface area (Å²) in [6, 6.07) is 2.77. The number of urea groups is 1. The number of likely N-dealkylation sites (N-methyl/N-ethyl adjacent to an activating group) is 1. The van der Waals surface area contributed by atoms with Crippen molar-refractivity contribution < 1.29 is 17.6 Å². The Kier molecular flexibility index (Phi) is 7.49. The molecule has 0 unspecified atom stereocenters. The average molecular weight is 473 g/mol. The van der Waals surface area contributed by atoms with E-state index in [2.05, 4.69) is 22.2 Å². The molecule has 2 aromatic rings. The topological polar surface area (TPSA) is 105 Å². The number of allylic oxidation sites excluding steroid dienone is 6. The van der Waals surface area contributed by atoms with E-state index in [4.69, 9.17) is 4.42 Å². The molecule has 0 spiro atoms. The van der Waals surface area contributed by atoms with Crippen LogP contribution in [0.25, 0.3) is 10.8 Å². The molecule has 2 amide bonds. The van der Waals surface area contributed by atoms with Crippen LogP contribution in [-0.2, 0) is 10.0 Å². The molecule has 10 heteroatoms. The van der Waals surface area contributed by atoms with Crippen LogP contribution in [0.15, 0.2) is 93.3 Å². The van der Waals surface area contributed by atoms with Gasteiger partial charge in [-0.25, -0.2) is 18.2 Å². The van der Waals surface area contributed by atoms with Gasteiger partial charge in [-0.2, -0.15) is 0 Å². The Morgan fingerprint density at radius 3 is 2.78 bits per heavy atom. The van der Waals surface area contributed by atoms with Crippen molar-refractivity contribution in [3.05, 3.63) is 84.7 Å². The van der Waals surface area contributed by atoms with E-state index in [0.717, 1.165) is 34.2 Å². The molecule has 3 rings (SSSR count). The highest BCUT2D eigenvalue weighted by atomic mass is 32.2. The molecule has 0 bridgehead atoms. The van der Waals surface area contributed by atoms with Gasteiger partial charge in [0.2, 0.25) is 5.89 Å². The zero-order valence-corrected chi connectivity index (χ0v) is 19.4. The van der Waals surface area contributed by atoms with Gasteiger partial charge in [-0.3, -0.25) is 4.31 Å². The summed E-state index contributed by atoms with van der Waals surface area (Å²) in [5.74, 6) is 0.361. The Morgan fingerprint density at radius 1 is 1.31 bits per heavy atom. The summed E-state index contributed by atoms with van der Waals surface area (Å²) < 4.78 is 32.3. The zero-order chi connectivity index (χ0) is 23.1. The van der Waals surface area contributed by atoms with E-state index in [1.54, 1.807) is 25.1 Å². The summed E-state index contributed by atoms with van der Waals surface area (Å²) >= 11 is 1.06. The highest BCUT2D eigenvalue weighted by Gasteiger charge is 2.24. The summed E-state index contributed by atoms with van der Waals surface area (Å²) in [7, 11) is -2.39. The third-order valence-corrected chi connectivity index (χ3v) is 7.87. The standard InChI is InChI=1S/C22H24N4O4S2/c1-4-17(24-22(27)25-18-8-6-5-7-9-18)11-10-16(2)26(3)32(28,29)20-13-12-19(31-20)21-23-14-15-30-21/h4,6,8-15H,2,5,7H2,1,3H3,(H2,24,25,27)/b11-10-,17-4+. The summed E-state index contributed by atoms with van der Waals surface area (Å²) in [6.45, 7) is 5.60. The normalized spacial score (nSPS) is 14.3. The van der Waals surface area contributed by atoms with Gasteiger partial charge in [-0.1, -0.05) is 24.8 Å². The average Bonchev–Trinajstić information content (AvgIpc) is 3.48. The highest BCUT2D eigenvalue weighted by molar-refractivity contribution is 7.91. The van der Waals surface area contributed by atoms with Crippen LogP contribution in [0.5, 0.6) is 0 Å². The minimum atomic E-state index is -3.81. The maximum absolute atomic E-state index is 13.0. The lowest BCUT2D eigenvalue weighted by molar-refractivity contribution is 0.246. The lowest BCUT2D eigenvalue weighted by Crippen LogP contribution is -2.33. The van der Waals surface area contributed by atoms with Crippen LogP contribution >= 0.6 is 11.3 Å². The van der Waals surface area contributed by atoms with Gasteiger partial charge in [0.1, 0.15) is 10.5 Å². The van der Waals surface area contributed by atoms with Crippen molar-refractivity contribution in [2.45, 2.75) is 24.0 Å². The van der Waals surface area contributed by atoms with Gasteiger partial charge in [0.05, 0.1) is 11.1 Å². The highest BCUT2D eigenvalue weighted by Crippen LogP contribution is 2.32. The molecule has 0 saturated carbocycles. The molecule has 0 atom stereocenters. The van der Waals surface area contributed by atoms with Crippen molar-refractivity contribution >= 4 is 27.4 Å². The predicted molar refractivity (Wildman–Crippen MR) is 125 cm³/mol. The number of hydrogen-bond donors (Lipinski definition) is 2. The lowest BCUT2D eigenvalue weighted by atomic mass is 10.1.